The lowest BCUT2D eigenvalue weighted by atomic mass is 10.0. The van der Waals surface area contributed by atoms with Crippen molar-refractivity contribution in [1.82, 2.24) is 15.1 Å². The first-order valence-corrected chi connectivity index (χ1v) is 10.6. The lowest BCUT2D eigenvalue weighted by molar-refractivity contribution is -0.136. The summed E-state index contributed by atoms with van der Waals surface area (Å²) < 4.78 is 0. The zero-order chi connectivity index (χ0) is 21.3. The van der Waals surface area contributed by atoms with E-state index in [1.807, 2.05) is 55.1 Å². The van der Waals surface area contributed by atoms with Crippen LogP contribution in [0.2, 0.25) is 0 Å². The van der Waals surface area contributed by atoms with Crippen LogP contribution < -0.4 is 5.32 Å². The Morgan fingerprint density at radius 3 is 2.13 bits per heavy atom. The second-order valence-electron chi connectivity index (χ2n) is 8.00. The Bertz CT molecular complexity index is 841. The molecule has 0 bridgehead atoms. The van der Waals surface area contributed by atoms with Crippen molar-refractivity contribution >= 4 is 17.9 Å². The molecule has 0 aromatic heterocycles. The minimum absolute atomic E-state index is 0.00811. The SMILES string of the molecule is CC(C)[C@H](NC(=O)c1ccccc1)C(=O)N1CCN(C/C=C/c2ccccc2)CC1. The molecule has 30 heavy (non-hydrogen) atoms. The summed E-state index contributed by atoms with van der Waals surface area (Å²) in [6, 6.07) is 18.8. The van der Waals surface area contributed by atoms with E-state index in [1.165, 1.54) is 5.56 Å². The third-order valence-electron chi connectivity index (χ3n) is 5.41. The van der Waals surface area contributed by atoms with Crippen molar-refractivity contribution in [3.8, 4) is 0 Å². The molecule has 0 radical (unpaired) electrons. The van der Waals surface area contributed by atoms with Gasteiger partial charge < -0.3 is 10.2 Å². The molecule has 1 N–H and O–H groups in total. The molecule has 1 aliphatic rings. The molecule has 158 valence electrons. The molecular weight excluding hydrogens is 374 g/mol. The second-order valence-corrected chi connectivity index (χ2v) is 8.00. The van der Waals surface area contributed by atoms with Crippen LogP contribution in [-0.4, -0.2) is 60.4 Å². The van der Waals surface area contributed by atoms with Gasteiger partial charge in [0.2, 0.25) is 5.91 Å². The minimum atomic E-state index is -0.512. The topological polar surface area (TPSA) is 52.7 Å². The van der Waals surface area contributed by atoms with E-state index in [0.717, 1.165) is 19.6 Å². The number of carbonyl (C=O) groups is 2. The van der Waals surface area contributed by atoms with E-state index in [-0.39, 0.29) is 17.7 Å². The normalized spacial score (nSPS) is 16.0. The number of rotatable bonds is 7. The van der Waals surface area contributed by atoms with Crippen LogP contribution in [0.4, 0.5) is 0 Å². The summed E-state index contributed by atoms with van der Waals surface area (Å²) >= 11 is 0. The van der Waals surface area contributed by atoms with Gasteiger partial charge in [-0.2, -0.15) is 0 Å². The third kappa shape index (κ3) is 6.04. The summed E-state index contributed by atoms with van der Waals surface area (Å²) in [5.74, 6) is -0.168. The zero-order valence-electron chi connectivity index (χ0n) is 17.8. The van der Waals surface area contributed by atoms with E-state index in [4.69, 9.17) is 0 Å². The quantitative estimate of drug-likeness (QED) is 0.769. The molecule has 0 spiro atoms. The van der Waals surface area contributed by atoms with E-state index in [9.17, 15) is 9.59 Å². The molecule has 0 aliphatic carbocycles. The van der Waals surface area contributed by atoms with Gasteiger partial charge in [0.25, 0.3) is 5.91 Å². The number of nitrogens with zero attached hydrogens (tertiary/aromatic N) is 2. The van der Waals surface area contributed by atoms with Crippen LogP contribution in [0.5, 0.6) is 0 Å². The first kappa shape index (κ1) is 21.8. The molecule has 5 heteroatoms. The number of carbonyl (C=O) groups excluding carboxylic acids is 2. The van der Waals surface area contributed by atoms with Crippen LogP contribution in [0, 0.1) is 5.92 Å². The summed E-state index contributed by atoms with van der Waals surface area (Å²) in [7, 11) is 0. The molecular formula is C25H31N3O2. The van der Waals surface area contributed by atoms with Gasteiger partial charge in [-0.3, -0.25) is 14.5 Å². The largest absolute Gasteiger partial charge is 0.340 e. The molecule has 1 saturated heterocycles. The fraction of sp³-hybridized carbons (Fsp3) is 0.360. The Morgan fingerprint density at radius 1 is 0.933 bits per heavy atom. The fourth-order valence-corrected chi connectivity index (χ4v) is 3.58. The summed E-state index contributed by atoms with van der Waals surface area (Å²) in [5, 5.41) is 2.94. The fourth-order valence-electron chi connectivity index (χ4n) is 3.58. The van der Waals surface area contributed by atoms with Gasteiger partial charge in [-0.15, -0.1) is 0 Å². The summed E-state index contributed by atoms with van der Waals surface area (Å²) in [4.78, 5) is 29.9. The number of nitrogens with one attached hydrogen (secondary N) is 1. The number of hydrogen-bond acceptors (Lipinski definition) is 3. The van der Waals surface area contributed by atoms with Crippen molar-refractivity contribution in [3.05, 3.63) is 77.9 Å². The first-order chi connectivity index (χ1) is 14.5. The molecule has 1 atom stereocenters. The van der Waals surface area contributed by atoms with Gasteiger partial charge in [-0.25, -0.2) is 0 Å². The Kier molecular flexibility index (Phi) is 7.80. The predicted molar refractivity (Wildman–Crippen MR) is 121 cm³/mol. The first-order valence-electron chi connectivity index (χ1n) is 10.6. The van der Waals surface area contributed by atoms with Crippen LogP contribution in [0.1, 0.15) is 29.8 Å². The smallest absolute Gasteiger partial charge is 0.251 e. The molecule has 2 aromatic carbocycles. The Labute approximate surface area is 179 Å². The van der Waals surface area contributed by atoms with E-state index >= 15 is 0 Å². The molecule has 0 saturated carbocycles. The van der Waals surface area contributed by atoms with Crippen molar-refractivity contribution < 1.29 is 9.59 Å². The average molecular weight is 406 g/mol. The summed E-state index contributed by atoms with van der Waals surface area (Å²) in [5.41, 5.74) is 1.77. The van der Waals surface area contributed by atoms with Crippen LogP contribution in [0.25, 0.3) is 6.08 Å². The van der Waals surface area contributed by atoms with Crippen molar-refractivity contribution in [1.29, 1.82) is 0 Å². The highest BCUT2D eigenvalue weighted by molar-refractivity contribution is 5.97. The van der Waals surface area contributed by atoms with Gasteiger partial charge in [0.05, 0.1) is 0 Å². The number of benzene rings is 2. The van der Waals surface area contributed by atoms with Crippen LogP contribution in [-0.2, 0) is 4.79 Å². The Balaban J connectivity index is 1.51. The average Bonchev–Trinajstić information content (AvgIpc) is 2.78. The van der Waals surface area contributed by atoms with Gasteiger partial charge in [0.1, 0.15) is 6.04 Å². The van der Waals surface area contributed by atoms with Gasteiger partial charge >= 0.3 is 0 Å². The van der Waals surface area contributed by atoms with E-state index in [1.54, 1.807) is 12.1 Å². The Hall–Kier alpha value is -2.92. The maximum atomic E-state index is 13.1. The van der Waals surface area contributed by atoms with Crippen molar-refractivity contribution in [2.24, 2.45) is 5.92 Å². The molecule has 1 fully saturated rings. The maximum absolute atomic E-state index is 13.1. The maximum Gasteiger partial charge on any atom is 0.251 e. The van der Waals surface area contributed by atoms with Gasteiger partial charge in [0, 0.05) is 38.3 Å². The monoisotopic (exact) mass is 405 g/mol. The van der Waals surface area contributed by atoms with Gasteiger partial charge in [-0.05, 0) is 23.6 Å². The molecule has 3 rings (SSSR count). The number of hydrogen-bond donors (Lipinski definition) is 1. The summed E-state index contributed by atoms with van der Waals surface area (Å²) in [6.07, 6.45) is 4.30. The minimum Gasteiger partial charge on any atom is -0.340 e. The van der Waals surface area contributed by atoms with Gasteiger partial charge in [-0.1, -0.05) is 74.5 Å². The molecule has 5 nitrogen and oxygen atoms in total. The molecule has 1 heterocycles. The Morgan fingerprint density at radius 2 is 1.53 bits per heavy atom. The highest BCUT2D eigenvalue weighted by atomic mass is 16.2. The highest BCUT2D eigenvalue weighted by Gasteiger charge is 2.30. The molecule has 1 aliphatic heterocycles. The zero-order valence-corrected chi connectivity index (χ0v) is 17.8. The molecule has 2 aromatic rings. The molecule has 2 amide bonds. The second kappa shape index (κ2) is 10.7. The third-order valence-corrected chi connectivity index (χ3v) is 5.41. The van der Waals surface area contributed by atoms with Crippen LogP contribution >= 0.6 is 0 Å². The predicted octanol–water partition coefficient (Wildman–Crippen LogP) is 3.30. The van der Waals surface area contributed by atoms with Gasteiger partial charge in [0.15, 0.2) is 0 Å². The summed E-state index contributed by atoms with van der Waals surface area (Å²) in [6.45, 7) is 7.85. The van der Waals surface area contributed by atoms with Crippen molar-refractivity contribution in [2.45, 2.75) is 19.9 Å². The van der Waals surface area contributed by atoms with Crippen LogP contribution in [0.15, 0.2) is 66.7 Å². The number of piperazine rings is 1. The van der Waals surface area contributed by atoms with Crippen LogP contribution in [0.3, 0.4) is 0 Å². The molecule has 0 unspecified atom stereocenters. The van der Waals surface area contributed by atoms with E-state index in [2.05, 4.69) is 34.5 Å². The van der Waals surface area contributed by atoms with E-state index in [0.29, 0.717) is 18.7 Å². The lowest BCUT2D eigenvalue weighted by Gasteiger charge is -2.37. The standard InChI is InChI=1S/C25H31N3O2/c1-20(2)23(26-24(29)22-13-7-4-8-14-22)25(30)28-18-16-27(17-19-28)15-9-12-21-10-5-3-6-11-21/h3-14,20,23H,15-19H2,1-2H3,(H,26,29)/b12-9+/t23-/m0/s1. The van der Waals surface area contributed by atoms with Crippen molar-refractivity contribution in [3.63, 3.8) is 0 Å². The lowest BCUT2D eigenvalue weighted by Crippen LogP contribution is -2.56. The number of amides is 2. The van der Waals surface area contributed by atoms with E-state index < -0.39 is 6.04 Å². The van der Waals surface area contributed by atoms with Crippen molar-refractivity contribution in [2.75, 3.05) is 32.7 Å². The highest BCUT2D eigenvalue weighted by Crippen LogP contribution is 2.11.